The van der Waals surface area contributed by atoms with E-state index in [1.165, 1.54) is 11.9 Å². The summed E-state index contributed by atoms with van der Waals surface area (Å²) in [4.78, 5) is 29.5. The molecule has 0 atom stereocenters. The number of carbonyl (C=O) groups is 1. The predicted octanol–water partition coefficient (Wildman–Crippen LogP) is 4.86. The minimum absolute atomic E-state index is 0.264. The molecule has 0 bridgehead atoms. The largest absolute Gasteiger partial charge is 0.455 e. The Labute approximate surface area is 267 Å². The van der Waals surface area contributed by atoms with Gasteiger partial charge >= 0.3 is 0 Å². The summed E-state index contributed by atoms with van der Waals surface area (Å²) in [6.45, 7) is 5.99. The number of amides is 1. The summed E-state index contributed by atoms with van der Waals surface area (Å²) in [5.74, 6) is 1.33. The number of aromatic nitrogens is 2. The molecular weight excluding hydrogens is 592 g/mol. The number of H-pyrrole nitrogens is 1. The van der Waals surface area contributed by atoms with Gasteiger partial charge in [0, 0.05) is 74.2 Å². The van der Waals surface area contributed by atoms with Crippen molar-refractivity contribution in [3.63, 3.8) is 0 Å². The van der Waals surface area contributed by atoms with Gasteiger partial charge in [-0.2, -0.15) is 0 Å². The quantitative estimate of drug-likeness (QED) is 0.109. The average Bonchev–Trinajstić information content (AvgIpc) is 3.55. The minimum Gasteiger partial charge on any atom is -0.455 e. The van der Waals surface area contributed by atoms with Gasteiger partial charge in [-0.25, -0.2) is 9.99 Å². The van der Waals surface area contributed by atoms with E-state index >= 15 is 0 Å². The first-order chi connectivity index (χ1) is 22.1. The summed E-state index contributed by atoms with van der Waals surface area (Å²) in [7, 11) is 3.52. The van der Waals surface area contributed by atoms with E-state index in [1.807, 2.05) is 61.8 Å². The minimum atomic E-state index is -0.264. The molecule has 0 aliphatic carbocycles. The molecule has 2 aromatic heterocycles. The van der Waals surface area contributed by atoms with Gasteiger partial charge in [0.1, 0.15) is 17.1 Å². The van der Waals surface area contributed by atoms with Crippen LogP contribution < -0.4 is 30.6 Å². The van der Waals surface area contributed by atoms with E-state index in [1.54, 1.807) is 13.3 Å². The molecule has 2 fully saturated rings. The maximum Gasteiger partial charge on any atom is 0.265 e. The van der Waals surface area contributed by atoms with E-state index in [-0.39, 0.29) is 5.91 Å². The highest BCUT2D eigenvalue weighted by Gasteiger charge is 2.21. The predicted molar refractivity (Wildman–Crippen MR) is 178 cm³/mol. The number of benzene rings is 2. The lowest BCUT2D eigenvalue weighted by Gasteiger charge is -2.35. The van der Waals surface area contributed by atoms with Gasteiger partial charge < -0.3 is 24.7 Å². The summed E-state index contributed by atoms with van der Waals surface area (Å²) < 4.78 is 14.8. The van der Waals surface area contributed by atoms with Gasteiger partial charge in [0.05, 0.1) is 30.2 Å². The summed E-state index contributed by atoms with van der Waals surface area (Å²) in [6, 6.07) is 15.5. The van der Waals surface area contributed by atoms with Crippen LogP contribution >= 0.6 is 11.9 Å². The van der Waals surface area contributed by atoms with Gasteiger partial charge in [0.2, 0.25) is 0 Å². The van der Waals surface area contributed by atoms with Gasteiger partial charge in [0.25, 0.3) is 5.91 Å². The van der Waals surface area contributed by atoms with Gasteiger partial charge in [-0.3, -0.25) is 25.3 Å². The van der Waals surface area contributed by atoms with Crippen molar-refractivity contribution in [2.45, 2.75) is 17.7 Å². The number of fused-ring (bicyclic) bond motifs is 1. The molecule has 1 amide bonds. The number of ether oxygens (including phenoxy) is 2. The van der Waals surface area contributed by atoms with E-state index in [4.69, 9.17) is 14.3 Å². The van der Waals surface area contributed by atoms with Crippen molar-refractivity contribution in [2.75, 3.05) is 75.8 Å². The van der Waals surface area contributed by atoms with Crippen LogP contribution in [-0.4, -0.2) is 81.0 Å². The molecule has 0 spiro atoms. The van der Waals surface area contributed by atoms with E-state index < -0.39 is 0 Å². The highest BCUT2D eigenvalue weighted by molar-refractivity contribution is 7.98. The Kier molecular flexibility index (Phi) is 10.2. The number of hydrazine groups is 1. The average molecular weight is 633 g/mol. The van der Waals surface area contributed by atoms with Crippen molar-refractivity contribution in [3.8, 4) is 11.5 Å². The van der Waals surface area contributed by atoms with Crippen LogP contribution in [-0.2, 0) is 9.57 Å². The Morgan fingerprint density at radius 2 is 1.91 bits per heavy atom. The molecule has 2 aliphatic rings. The molecule has 13 heteroatoms. The molecule has 0 radical (unpaired) electrons. The third-order valence-electron chi connectivity index (χ3n) is 8.16. The lowest BCUT2D eigenvalue weighted by atomic mass is 10.0. The standard InChI is InChI=1S/C32H40N8O4S/c1-33-40-13-11-39(12-14-40)24-3-5-27(30(18-24)44-25-17-23-7-10-34-31(23)36-21-25)32(41)38-45-26-4-6-28(29(19-26)37-42-2)35-20-22-8-15-43-16-9-22/h3-7,10,17-19,21-22,33,35,37H,8-9,11-16,20H2,1-2H3,(H,34,36)(H,38,41). The van der Waals surface area contributed by atoms with Crippen LogP contribution in [0.25, 0.3) is 11.0 Å². The molecule has 4 heterocycles. The maximum atomic E-state index is 13.6. The first-order valence-electron chi connectivity index (χ1n) is 15.2. The number of pyridine rings is 1. The smallest absolute Gasteiger partial charge is 0.265 e. The lowest BCUT2D eigenvalue weighted by Crippen LogP contribution is -2.50. The Morgan fingerprint density at radius 1 is 1.07 bits per heavy atom. The molecule has 12 nitrogen and oxygen atoms in total. The number of hydrogen-bond acceptors (Lipinski definition) is 11. The SMILES string of the molecule is CNN1CCN(c2ccc(C(=O)NSc3ccc(NCC4CCOCC4)c(NOC)c3)c(Oc3cnc4[nH]ccc4c3)c2)CC1. The normalized spacial score (nSPS) is 16.1. The van der Waals surface area contributed by atoms with E-state index in [2.05, 4.69) is 40.8 Å². The van der Waals surface area contributed by atoms with E-state index in [0.29, 0.717) is 23.0 Å². The van der Waals surface area contributed by atoms with Gasteiger partial charge in [-0.15, -0.1) is 0 Å². The molecule has 5 N–H and O–H groups in total. The van der Waals surface area contributed by atoms with Crippen molar-refractivity contribution >= 4 is 46.0 Å². The Bertz CT molecular complexity index is 1590. The molecule has 4 aromatic rings. The highest BCUT2D eigenvalue weighted by Crippen LogP contribution is 2.33. The number of nitrogens with one attached hydrogen (secondary N) is 5. The van der Waals surface area contributed by atoms with Crippen LogP contribution in [0.15, 0.2) is 65.8 Å². The summed E-state index contributed by atoms with van der Waals surface area (Å²) in [5, 5.41) is 6.65. The third-order valence-corrected chi connectivity index (χ3v) is 8.94. The summed E-state index contributed by atoms with van der Waals surface area (Å²) in [6.07, 6.45) is 5.61. The highest BCUT2D eigenvalue weighted by atomic mass is 32.2. The number of piperazine rings is 1. The fourth-order valence-corrected chi connectivity index (χ4v) is 6.20. The zero-order valence-corrected chi connectivity index (χ0v) is 26.4. The van der Waals surface area contributed by atoms with Crippen LogP contribution in [0.3, 0.4) is 0 Å². The van der Waals surface area contributed by atoms with Crippen molar-refractivity contribution in [2.24, 2.45) is 5.92 Å². The number of aromatic amines is 1. The second-order valence-electron chi connectivity index (χ2n) is 11.1. The second kappa shape index (κ2) is 14.8. The first kappa shape index (κ1) is 31.0. The van der Waals surface area contributed by atoms with Crippen LogP contribution in [0.2, 0.25) is 0 Å². The monoisotopic (exact) mass is 632 g/mol. The Balaban J connectivity index is 1.17. The lowest BCUT2D eigenvalue weighted by molar-refractivity contribution is 0.0699. The van der Waals surface area contributed by atoms with Crippen LogP contribution in [0.1, 0.15) is 23.2 Å². The number of rotatable bonds is 12. The summed E-state index contributed by atoms with van der Waals surface area (Å²) >= 11 is 1.24. The van der Waals surface area contributed by atoms with Crippen LogP contribution in [0.4, 0.5) is 17.1 Å². The fraction of sp³-hybridized carbons (Fsp3) is 0.375. The number of nitrogens with zero attached hydrogens (tertiary/aromatic N) is 3. The third kappa shape index (κ3) is 7.81. The van der Waals surface area contributed by atoms with Crippen molar-refractivity contribution < 1.29 is 19.1 Å². The zero-order valence-electron chi connectivity index (χ0n) is 25.6. The second-order valence-corrected chi connectivity index (χ2v) is 11.9. The van der Waals surface area contributed by atoms with Gasteiger partial charge in [-0.1, -0.05) is 0 Å². The van der Waals surface area contributed by atoms with Crippen molar-refractivity contribution in [3.05, 3.63) is 66.5 Å². The number of anilines is 3. The number of carbonyl (C=O) groups excluding carboxylic acids is 1. The van der Waals surface area contributed by atoms with Crippen LogP contribution in [0.5, 0.6) is 11.5 Å². The van der Waals surface area contributed by atoms with Crippen LogP contribution in [0, 0.1) is 5.92 Å². The zero-order chi connectivity index (χ0) is 31.0. The Hall–Kier alpha value is -4.01. The molecule has 2 aliphatic heterocycles. The molecule has 238 valence electrons. The van der Waals surface area contributed by atoms with E-state index in [0.717, 1.165) is 91.8 Å². The maximum absolute atomic E-state index is 13.6. The molecule has 2 saturated heterocycles. The molecule has 0 unspecified atom stereocenters. The number of hydrogen-bond donors (Lipinski definition) is 5. The van der Waals surface area contributed by atoms with Gasteiger partial charge in [0.15, 0.2) is 0 Å². The Morgan fingerprint density at radius 3 is 2.71 bits per heavy atom. The molecular formula is C32H40N8O4S. The molecule has 2 aromatic carbocycles. The molecule has 6 rings (SSSR count). The summed E-state index contributed by atoms with van der Waals surface area (Å²) in [5.41, 5.74) is 10.1. The van der Waals surface area contributed by atoms with E-state index in [9.17, 15) is 4.79 Å². The van der Waals surface area contributed by atoms with Crippen molar-refractivity contribution in [1.29, 1.82) is 0 Å². The fourth-order valence-electron chi connectivity index (χ4n) is 5.57. The molecule has 45 heavy (non-hydrogen) atoms. The van der Waals surface area contributed by atoms with Gasteiger partial charge in [-0.05, 0) is 80.2 Å². The molecule has 0 saturated carbocycles. The van der Waals surface area contributed by atoms with Crippen molar-refractivity contribution in [1.82, 2.24) is 25.1 Å². The first-order valence-corrected chi connectivity index (χ1v) is 16.1. The topological polar surface area (TPSA) is 128 Å².